The van der Waals surface area contributed by atoms with Crippen LogP contribution in [0.1, 0.15) is 16.1 Å². The lowest BCUT2D eigenvalue weighted by atomic mass is 10.1. The van der Waals surface area contributed by atoms with Crippen LogP contribution in [-0.4, -0.2) is 17.6 Å². The molecule has 7 heteroatoms. The van der Waals surface area contributed by atoms with E-state index in [1.54, 1.807) is 34.9 Å². The number of benzene rings is 2. The Bertz CT molecular complexity index is 1030. The van der Waals surface area contributed by atoms with Crippen molar-refractivity contribution in [2.75, 3.05) is 7.11 Å². The predicted octanol–water partition coefficient (Wildman–Crippen LogP) is 3.96. The summed E-state index contributed by atoms with van der Waals surface area (Å²) in [7, 11) is 1.24. The van der Waals surface area contributed by atoms with E-state index >= 15 is 0 Å². The molecule has 2 aromatic carbocycles. The first-order chi connectivity index (χ1) is 12.1. The van der Waals surface area contributed by atoms with Crippen LogP contribution >= 0.6 is 11.6 Å². The first-order valence-corrected chi connectivity index (χ1v) is 7.80. The minimum absolute atomic E-state index is 0.0458. The van der Waals surface area contributed by atoms with Gasteiger partial charge in [-0.05, 0) is 30.3 Å². The molecule has 0 aliphatic carbocycles. The molecule has 0 saturated heterocycles. The van der Waals surface area contributed by atoms with E-state index < -0.39 is 5.97 Å². The Morgan fingerprint density at radius 1 is 1.24 bits per heavy atom. The Hall–Kier alpha value is -2.99. The van der Waals surface area contributed by atoms with Crippen LogP contribution in [-0.2, 0) is 11.3 Å². The topological polar surface area (TPSA) is 84.5 Å². The predicted molar refractivity (Wildman–Crippen MR) is 94.7 cm³/mol. The number of para-hydroxylation sites is 1. The van der Waals surface area contributed by atoms with Gasteiger partial charge in [-0.1, -0.05) is 29.8 Å². The quantitative estimate of drug-likeness (QED) is 0.567. The first-order valence-electron chi connectivity index (χ1n) is 7.42. The van der Waals surface area contributed by atoms with Crippen LogP contribution in [0.15, 0.2) is 58.4 Å². The average Bonchev–Trinajstić information content (AvgIpc) is 2.63. The third-order valence-corrected chi connectivity index (χ3v) is 4.09. The van der Waals surface area contributed by atoms with Crippen LogP contribution in [0.2, 0.25) is 5.02 Å². The number of hydrogen-bond donors (Lipinski definition) is 1. The Morgan fingerprint density at radius 3 is 2.60 bits per heavy atom. The number of hydrogen-bond acceptors (Lipinski definition) is 5. The van der Waals surface area contributed by atoms with Crippen LogP contribution in [0.3, 0.4) is 0 Å². The largest absolute Gasteiger partial charge is 0.464 e. The standard InChI is InChI=1S/C18H14ClN3O3/c1-25-18(24)16-14(10-21-20)17(23)13-8-7-11(19)9-15(13)22(16)12-5-3-2-4-6-12/h2-9,20H,10H2,1H3. The molecular formula is C18H14ClN3O3. The van der Waals surface area contributed by atoms with Crippen LogP contribution in [0.4, 0.5) is 0 Å². The maximum atomic E-state index is 12.8. The molecule has 1 heterocycles. The number of methoxy groups -OCH3 is 1. The molecule has 6 nitrogen and oxygen atoms in total. The summed E-state index contributed by atoms with van der Waals surface area (Å²) in [6, 6.07) is 13.9. The lowest BCUT2D eigenvalue weighted by molar-refractivity contribution is 0.0590. The first kappa shape index (κ1) is 16.9. The summed E-state index contributed by atoms with van der Waals surface area (Å²) < 4.78 is 6.51. The normalized spacial score (nSPS) is 10.6. The van der Waals surface area contributed by atoms with Crippen LogP contribution in [0.25, 0.3) is 16.6 Å². The summed E-state index contributed by atoms with van der Waals surface area (Å²) in [6.45, 7) is -0.214. The van der Waals surface area contributed by atoms with Gasteiger partial charge in [0.1, 0.15) is 5.69 Å². The van der Waals surface area contributed by atoms with Crippen molar-refractivity contribution in [3.05, 3.63) is 75.0 Å². The number of nitrogens with one attached hydrogen (secondary N) is 1. The SMILES string of the molecule is COC(=O)c1c(CN=N)c(=O)c2ccc(Cl)cc2n1-c1ccccc1. The molecule has 0 amide bonds. The van der Waals surface area contributed by atoms with Gasteiger partial charge in [-0.3, -0.25) is 4.79 Å². The molecule has 25 heavy (non-hydrogen) atoms. The summed E-state index contributed by atoms with van der Waals surface area (Å²) in [5, 5.41) is 4.13. The third-order valence-electron chi connectivity index (χ3n) is 3.86. The molecule has 0 fully saturated rings. The number of carbonyl (C=O) groups excluding carboxylic acids is 1. The monoisotopic (exact) mass is 355 g/mol. The Kier molecular flexibility index (Phi) is 4.63. The van der Waals surface area contributed by atoms with Crippen LogP contribution in [0, 0.1) is 5.53 Å². The molecule has 0 unspecified atom stereocenters. The van der Waals surface area contributed by atoms with Crippen molar-refractivity contribution >= 4 is 28.5 Å². The van der Waals surface area contributed by atoms with Gasteiger partial charge in [-0.25, -0.2) is 10.3 Å². The Balaban J connectivity index is 2.58. The highest BCUT2D eigenvalue weighted by atomic mass is 35.5. The average molecular weight is 356 g/mol. The third kappa shape index (κ3) is 2.92. The molecule has 0 spiro atoms. The maximum Gasteiger partial charge on any atom is 0.355 e. The number of nitrogens with zero attached hydrogens (tertiary/aromatic N) is 2. The Labute approximate surface area is 148 Å². The van der Waals surface area contributed by atoms with Crippen molar-refractivity contribution in [3.8, 4) is 5.69 Å². The summed E-state index contributed by atoms with van der Waals surface area (Å²) in [5.74, 6) is -0.679. The lowest BCUT2D eigenvalue weighted by Gasteiger charge is -2.18. The van der Waals surface area contributed by atoms with Crippen molar-refractivity contribution < 1.29 is 9.53 Å². The summed E-state index contributed by atoms with van der Waals surface area (Å²) >= 11 is 6.12. The highest BCUT2D eigenvalue weighted by Crippen LogP contribution is 2.25. The molecule has 0 aliphatic rings. The van der Waals surface area contributed by atoms with Crippen LogP contribution in [0.5, 0.6) is 0 Å². The fourth-order valence-electron chi connectivity index (χ4n) is 2.79. The zero-order chi connectivity index (χ0) is 18.0. The fraction of sp³-hybridized carbons (Fsp3) is 0.111. The highest BCUT2D eigenvalue weighted by Gasteiger charge is 2.24. The van der Waals surface area contributed by atoms with Gasteiger partial charge in [0.2, 0.25) is 0 Å². The maximum absolute atomic E-state index is 12.8. The minimum Gasteiger partial charge on any atom is -0.464 e. The summed E-state index contributed by atoms with van der Waals surface area (Å²) in [4.78, 5) is 25.3. The zero-order valence-corrected chi connectivity index (χ0v) is 14.1. The van der Waals surface area contributed by atoms with Gasteiger partial charge in [0, 0.05) is 16.1 Å². The number of fused-ring (bicyclic) bond motifs is 1. The van der Waals surface area contributed by atoms with Crippen molar-refractivity contribution in [2.45, 2.75) is 6.54 Å². The zero-order valence-electron chi connectivity index (χ0n) is 13.3. The van der Waals surface area contributed by atoms with E-state index in [2.05, 4.69) is 5.11 Å². The summed E-state index contributed by atoms with van der Waals surface area (Å²) in [6.07, 6.45) is 0. The van der Waals surface area contributed by atoms with Gasteiger partial charge < -0.3 is 9.30 Å². The molecular weight excluding hydrogens is 342 g/mol. The highest BCUT2D eigenvalue weighted by molar-refractivity contribution is 6.31. The van der Waals surface area contributed by atoms with Crippen molar-refractivity contribution in [3.63, 3.8) is 0 Å². The van der Waals surface area contributed by atoms with Crippen molar-refractivity contribution in [1.82, 2.24) is 4.57 Å². The smallest absolute Gasteiger partial charge is 0.355 e. The molecule has 0 radical (unpaired) electrons. The van der Waals surface area contributed by atoms with Crippen LogP contribution < -0.4 is 5.43 Å². The number of aromatic nitrogens is 1. The van der Waals surface area contributed by atoms with Crippen molar-refractivity contribution in [2.24, 2.45) is 5.11 Å². The van der Waals surface area contributed by atoms with Gasteiger partial charge in [0.15, 0.2) is 5.43 Å². The fourth-order valence-corrected chi connectivity index (χ4v) is 2.96. The van der Waals surface area contributed by atoms with E-state index in [4.69, 9.17) is 21.9 Å². The second-order valence-corrected chi connectivity index (χ2v) is 5.73. The second kappa shape index (κ2) is 6.86. The van der Waals surface area contributed by atoms with E-state index in [9.17, 15) is 9.59 Å². The number of rotatable bonds is 4. The molecule has 0 saturated carbocycles. The number of esters is 1. The van der Waals surface area contributed by atoms with Gasteiger partial charge in [0.05, 0.1) is 24.7 Å². The van der Waals surface area contributed by atoms with Gasteiger partial charge in [-0.15, -0.1) is 0 Å². The van der Waals surface area contributed by atoms with E-state index in [1.807, 2.05) is 18.2 Å². The lowest BCUT2D eigenvalue weighted by Crippen LogP contribution is -2.24. The van der Waals surface area contributed by atoms with E-state index in [0.717, 1.165) is 0 Å². The van der Waals surface area contributed by atoms with Gasteiger partial charge in [0.25, 0.3) is 0 Å². The number of carbonyl (C=O) groups is 1. The number of ether oxygens (including phenoxy) is 1. The molecule has 0 bridgehead atoms. The minimum atomic E-state index is -0.679. The van der Waals surface area contributed by atoms with E-state index in [-0.39, 0.29) is 23.2 Å². The molecule has 3 aromatic rings. The molecule has 126 valence electrons. The van der Waals surface area contributed by atoms with E-state index in [0.29, 0.717) is 21.6 Å². The molecule has 1 aromatic heterocycles. The molecule has 0 atom stereocenters. The Morgan fingerprint density at radius 2 is 1.96 bits per heavy atom. The summed E-state index contributed by atoms with van der Waals surface area (Å²) in [5.41, 5.74) is 8.10. The number of halogens is 1. The molecule has 0 aliphatic heterocycles. The number of pyridine rings is 1. The van der Waals surface area contributed by atoms with Crippen molar-refractivity contribution in [1.29, 1.82) is 5.53 Å². The molecule has 1 N–H and O–H groups in total. The van der Waals surface area contributed by atoms with Gasteiger partial charge >= 0.3 is 5.97 Å². The molecule has 3 rings (SSSR count). The van der Waals surface area contributed by atoms with Gasteiger partial charge in [-0.2, -0.15) is 5.11 Å². The van der Waals surface area contributed by atoms with E-state index in [1.165, 1.54) is 7.11 Å². The second-order valence-electron chi connectivity index (χ2n) is 5.30.